The third-order valence-electron chi connectivity index (χ3n) is 15.5. The van der Waals surface area contributed by atoms with Crippen LogP contribution in [0.4, 0.5) is 0 Å². The average Bonchev–Trinajstić information content (AvgIpc) is 4.00. The van der Waals surface area contributed by atoms with Crippen LogP contribution in [0.15, 0.2) is 97.1 Å². The van der Waals surface area contributed by atoms with Gasteiger partial charge in [-0.25, -0.2) is 0 Å². The molecular weight excluding hydrogens is 777 g/mol. The van der Waals surface area contributed by atoms with Gasteiger partial charge >= 0.3 is 0 Å². The fourth-order valence-electron chi connectivity index (χ4n) is 12.0. The Hall–Kier alpha value is -3.42. The van der Waals surface area contributed by atoms with Gasteiger partial charge in [-0.2, -0.15) is 0 Å². The van der Waals surface area contributed by atoms with Crippen molar-refractivity contribution in [2.45, 2.75) is 218 Å². The van der Waals surface area contributed by atoms with Gasteiger partial charge in [0.05, 0.1) is 0 Å². The fraction of sp³-hybridized carbons (Fsp3) is 0.548. The van der Waals surface area contributed by atoms with Crippen molar-refractivity contribution in [2.75, 3.05) is 0 Å². The van der Waals surface area contributed by atoms with E-state index in [9.17, 15) is 0 Å². The van der Waals surface area contributed by atoms with Gasteiger partial charge < -0.3 is 0 Å². The summed E-state index contributed by atoms with van der Waals surface area (Å²) in [6.07, 6.45) is 37.6. The molecule has 0 N–H and O–H groups in total. The maximum atomic E-state index is 2.66. The van der Waals surface area contributed by atoms with Gasteiger partial charge in [-0.15, -0.1) is 11.3 Å². The fourth-order valence-corrected chi connectivity index (χ4v) is 13.0. The number of benzene rings is 4. The SMILES string of the molecule is CCCCCCCCC1(CCCCCCCC)c2ccccc2-c2ccc(-c3ccc(-c4ccc5c(c4)C(CCCCCCCC)(CCCCCCCC)c4ccccc4-5)s3)cc21. The predicted molar refractivity (Wildman–Crippen MR) is 280 cm³/mol. The molecule has 2 aliphatic rings. The number of rotatable bonds is 30. The predicted octanol–water partition coefficient (Wildman–Crippen LogP) is 20.6. The highest BCUT2D eigenvalue weighted by atomic mass is 32.1. The minimum atomic E-state index is 0.113. The third-order valence-corrected chi connectivity index (χ3v) is 16.7. The Kier molecular flexibility index (Phi) is 18.3. The van der Waals surface area contributed by atoms with Crippen LogP contribution in [0.25, 0.3) is 43.1 Å². The minimum absolute atomic E-state index is 0.113. The van der Waals surface area contributed by atoms with E-state index < -0.39 is 0 Å². The second-order valence-corrected chi connectivity index (χ2v) is 21.1. The molecule has 2 aliphatic carbocycles. The molecular formula is C62H84S. The smallest absolute Gasteiger partial charge is 0.0349 e. The average molecular weight is 861 g/mol. The first-order valence-electron chi connectivity index (χ1n) is 26.7. The van der Waals surface area contributed by atoms with Crippen LogP contribution in [0.5, 0.6) is 0 Å². The van der Waals surface area contributed by atoms with Crippen molar-refractivity contribution >= 4 is 11.3 Å². The molecule has 0 nitrogen and oxygen atoms in total. The van der Waals surface area contributed by atoms with E-state index in [2.05, 4.69) is 125 Å². The molecule has 4 aromatic carbocycles. The number of thiophene rings is 1. The van der Waals surface area contributed by atoms with Crippen molar-refractivity contribution in [3.63, 3.8) is 0 Å². The molecule has 0 unspecified atom stereocenters. The molecule has 338 valence electrons. The van der Waals surface area contributed by atoms with Crippen molar-refractivity contribution in [2.24, 2.45) is 0 Å². The van der Waals surface area contributed by atoms with Crippen LogP contribution < -0.4 is 0 Å². The molecule has 0 atom stereocenters. The summed E-state index contributed by atoms with van der Waals surface area (Å²) >= 11 is 2.01. The van der Waals surface area contributed by atoms with E-state index in [1.165, 1.54) is 223 Å². The molecule has 63 heavy (non-hydrogen) atoms. The zero-order valence-electron chi connectivity index (χ0n) is 40.4. The molecule has 0 amide bonds. The molecule has 0 saturated carbocycles. The first kappa shape index (κ1) is 47.5. The van der Waals surface area contributed by atoms with Gasteiger partial charge in [0, 0.05) is 20.6 Å². The zero-order valence-corrected chi connectivity index (χ0v) is 41.3. The van der Waals surface area contributed by atoms with E-state index in [1.54, 1.807) is 22.3 Å². The van der Waals surface area contributed by atoms with Gasteiger partial charge in [0.1, 0.15) is 0 Å². The molecule has 0 radical (unpaired) electrons. The van der Waals surface area contributed by atoms with Crippen LogP contribution in [0, 0.1) is 0 Å². The highest BCUT2D eigenvalue weighted by Gasteiger charge is 2.43. The van der Waals surface area contributed by atoms with Crippen LogP contribution >= 0.6 is 11.3 Å². The van der Waals surface area contributed by atoms with Gasteiger partial charge in [-0.3, -0.25) is 0 Å². The Bertz CT molecular complexity index is 1950. The molecule has 1 heteroatoms. The molecule has 0 bridgehead atoms. The van der Waals surface area contributed by atoms with Crippen molar-refractivity contribution in [1.82, 2.24) is 0 Å². The van der Waals surface area contributed by atoms with Gasteiger partial charge in [-0.1, -0.05) is 255 Å². The van der Waals surface area contributed by atoms with Crippen LogP contribution in [-0.2, 0) is 10.8 Å². The summed E-state index contributed by atoms with van der Waals surface area (Å²) in [5, 5.41) is 0. The monoisotopic (exact) mass is 861 g/mol. The lowest BCUT2D eigenvalue weighted by Crippen LogP contribution is -2.25. The summed E-state index contributed by atoms with van der Waals surface area (Å²) in [5.74, 6) is 0. The van der Waals surface area contributed by atoms with E-state index in [-0.39, 0.29) is 10.8 Å². The number of hydrogen-bond donors (Lipinski definition) is 0. The van der Waals surface area contributed by atoms with E-state index in [1.807, 2.05) is 11.3 Å². The van der Waals surface area contributed by atoms with E-state index in [0.717, 1.165) is 0 Å². The lowest BCUT2D eigenvalue weighted by atomic mass is 9.70. The van der Waals surface area contributed by atoms with Gasteiger partial charge in [0.2, 0.25) is 0 Å². The summed E-state index contributed by atoms with van der Waals surface area (Å²) in [6.45, 7) is 9.34. The largest absolute Gasteiger partial charge is 0.135 e. The maximum absolute atomic E-state index is 2.66. The molecule has 0 aliphatic heterocycles. The molecule has 0 saturated heterocycles. The van der Waals surface area contributed by atoms with Gasteiger partial charge in [0.25, 0.3) is 0 Å². The third kappa shape index (κ3) is 11.2. The summed E-state index contributed by atoms with van der Waals surface area (Å²) < 4.78 is 0. The number of fused-ring (bicyclic) bond motifs is 6. The van der Waals surface area contributed by atoms with Crippen molar-refractivity contribution in [3.05, 3.63) is 119 Å². The van der Waals surface area contributed by atoms with Crippen LogP contribution in [-0.4, -0.2) is 0 Å². The lowest BCUT2D eigenvalue weighted by molar-refractivity contribution is 0.398. The van der Waals surface area contributed by atoms with Gasteiger partial charge in [0.15, 0.2) is 0 Å². The molecule has 7 rings (SSSR count). The molecule has 5 aromatic rings. The summed E-state index contributed by atoms with van der Waals surface area (Å²) in [5.41, 5.74) is 15.5. The molecule has 1 aromatic heterocycles. The highest BCUT2D eigenvalue weighted by Crippen LogP contribution is 2.57. The maximum Gasteiger partial charge on any atom is 0.0349 e. The Labute approximate surface area is 390 Å². The Morgan fingerprint density at radius 2 is 0.603 bits per heavy atom. The number of hydrogen-bond acceptors (Lipinski definition) is 1. The topological polar surface area (TPSA) is 0 Å². The summed E-state index contributed by atoms with van der Waals surface area (Å²) in [7, 11) is 0. The zero-order chi connectivity index (χ0) is 43.7. The summed E-state index contributed by atoms with van der Waals surface area (Å²) in [6, 6.07) is 39.1. The normalized spacial score (nSPS) is 14.2. The van der Waals surface area contributed by atoms with Crippen molar-refractivity contribution < 1.29 is 0 Å². The lowest BCUT2D eigenvalue weighted by Gasteiger charge is -2.33. The number of unbranched alkanes of at least 4 members (excludes halogenated alkanes) is 20. The first-order chi connectivity index (χ1) is 31.1. The standard InChI is InChI=1S/C62H84S/c1-5-9-13-17-21-29-43-61(44-30-22-18-14-10-6-2)55-35-27-25-33-51(55)53-39-37-49(47-57(53)61)59-41-42-60(63-59)50-38-40-54-52-34-26-28-36-56(52)62(58(54)48-50,45-31-23-19-15-11-7-3)46-32-24-20-16-12-8-4/h25-28,33-42,47-48H,5-24,29-32,43-46H2,1-4H3. The summed E-state index contributed by atoms with van der Waals surface area (Å²) in [4.78, 5) is 2.82. The Balaban J connectivity index is 1.19. The van der Waals surface area contributed by atoms with Gasteiger partial charge in [-0.05, 0) is 106 Å². The van der Waals surface area contributed by atoms with Crippen LogP contribution in [0.1, 0.15) is 230 Å². The van der Waals surface area contributed by atoms with E-state index in [0.29, 0.717) is 0 Å². The Morgan fingerprint density at radius 3 is 0.952 bits per heavy atom. The van der Waals surface area contributed by atoms with Crippen LogP contribution in [0.2, 0.25) is 0 Å². The quantitative estimate of drug-likeness (QED) is 0.0404. The van der Waals surface area contributed by atoms with Crippen LogP contribution in [0.3, 0.4) is 0 Å². The van der Waals surface area contributed by atoms with Crippen molar-refractivity contribution in [1.29, 1.82) is 0 Å². The van der Waals surface area contributed by atoms with Crippen molar-refractivity contribution in [3.8, 4) is 43.1 Å². The van der Waals surface area contributed by atoms with E-state index in [4.69, 9.17) is 0 Å². The molecule has 0 fully saturated rings. The first-order valence-corrected chi connectivity index (χ1v) is 27.5. The molecule has 1 heterocycles. The molecule has 0 spiro atoms. The Morgan fingerprint density at radius 1 is 0.302 bits per heavy atom. The highest BCUT2D eigenvalue weighted by molar-refractivity contribution is 7.18. The second-order valence-electron chi connectivity index (χ2n) is 20.0. The minimum Gasteiger partial charge on any atom is -0.135 e. The second kappa shape index (κ2) is 24.2. The van der Waals surface area contributed by atoms with E-state index >= 15 is 0 Å².